The summed E-state index contributed by atoms with van der Waals surface area (Å²) in [5, 5.41) is 7.24. The van der Waals surface area contributed by atoms with Crippen LogP contribution in [0.2, 0.25) is 0 Å². The molecular formula is C19H33N4O9PS. The molecule has 1 aliphatic rings. The highest BCUT2D eigenvalue weighted by molar-refractivity contribution is 8.00. The zero-order chi connectivity index (χ0) is 25.6. The number of likely N-dealkylation sites (N-methyl/N-ethyl adjacent to an activating group) is 1. The predicted molar refractivity (Wildman–Crippen MR) is 124 cm³/mol. The second-order valence-corrected chi connectivity index (χ2v) is 10.5. The molecule has 4 amide bonds. The van der Waals surface area contributed by atoms with Gasteiger partial charge in [-0.2, -0.15) is 0 Å². The van der Waals surface area contributed by atoms with E-state index in [0.717, 1.165) is 17.9 Å². The number of hydrogen-bond donors (Lipinski definition) is 4. The largest absolute Gasteiger partial charge is 0.380 e. The number of carbonyl (C=O) groups is 5. The normalized spacial score (nSPS) is 18.4. The van der Waals surface area contributed by atoms with Gasteiger partial charge in [0, 0.05) is 51.4 Å². The lowest BCUT2D eigenvalue weighted by atomic mass is 10.3. The van der Waals surface area contributed by atoms with Crippen LogP contribution >= 0.6 is 19.4 Å². The zero-order valence-corrected chi connectivity index (χ0v) is 21.0. The Morgan fingerprint density at radius 1 is 1.26 bits per heavy atom. The van der Waals surface area contributed by atoms with Crippen LogP contribution in [0.15, 0.2) is 0 Å². The van der Waals surface area contributed by atoms with Crippen molar-refractivity contribution in [3.63, 3.8) is 0 Å². The van der Waals surface area contributed by atoms with Crippen LogP contribution in [0.4, 0.5) is 0 Å². The molecule has 0 aliphatic carbocycles. The molecule has 0 spiro atoms. The number of amides is 4. The Morgan fingerprint density at radius 3 is 2.62 bits per heavy atom. The molecule has 13 nitrogen and oxygen atoms in total. The first-order valence-corrected chi connectivity index (χ1v) is 13.8. The quantitative estimate of drug-likeness (QED) is 0.0558. The summed E-state index contributed by atoms with van der Waals surface area (Å²) in [5.74, 6) is -0.970. The molecule has 3 atom stereocenters. The number of imide groups is 1. The number of carbonyl (C=O) groups excluding carboxylic acids is 5. The van der Waals surface area contributed by atoms with E-state index in [1.807, 2.05) is 0 Å². The summed E-state index contributed by atoms with van der Waals surface area (Å²) >= 11 is 1.25. The fraction of sp³-hybridized carbons (Fsp3) is 0.737. The molecule has 0 aromatic heterocycles. The minimum atomic E-state index is -3.63. The Hall–Kier alpha value is -1.83. The number of ether oxygens (including phenoxy) is 1. The van der Waals surface area contributed by atoms with E-state index < -0.39 is 18.9 Å². The summed E-state index contributed by atoms with van der Waals surface area (Å²) in [6, 6.07) is -0.392. The van der Waals surface area contributed by atoms with Crippen molar-refractivity contribution in [1.29, 1.82) is 0 Å². The van der Waals surface area contributed by atoms with Crippen LogP contribution < -0.4 is 16.0 Å². The fourth-order valence-corrected chi connectivity index (χ4v) is 4.27. The average Bonchev–Trinajstić information content (AvgIpc) is 3.04. The summed E-state index contributed by atoms with van der Waals surface area (Å²) in [7, 11) is -1.99. The van der Waals surface area contributed by atoms with Gasteiger partial charge in [0.05, 0.1) is 17.9 Å². The van der Waals surface area contributed by atoms with E-state index in [0.29, 0.717) is 12.2 Å². The molecule has 1 aliphatic heterocycles. The molecule has 194 valence electrons. The molecule has 34 heavy (non-hydrogen) atoms. The molecule has 3 unspecified atom stereocenters. The van der Waals surface area contributed by atoms with Crippen molar-refractivity contribution >= 4 is 49.3 Å². The maximum atomic E-state index is 12.4. The number of likely N-dealkylation sites (tertiary alicyclic amines) is 1. The number of rotatable bonds is 18. The predicted octanol–water partition coefficient (Wildman–Crippen LogP) is -1.16. The summed E-state index contributed by atoms with van der Waals surface area (Å²) in [5.41, 5.74) is 0. The molecule has 0 bridgehead atoms. The third-order valence-electron chi connectivity index (χ3n) is 4.61. The van der Waals surface area contributed by atoms with Crippen LogP contribution in [0.1, 0.15) is 25.7 Å². The SMILES string of the molecule is CNC(C=O)CSC1CC(=O)N(CCC(=O)NCCOCCCC(=O)NCOP(C)(=O)O)C1=O. The van der Waals surface area contributed by atoms with Crippen molar-refractivity contribution in [1.82, 2.24) is 20.9 Å². The highest BCUT2D eigenvalue weighted by Crippen LogP contribution is 2.35. The van der Waals surface area contributed by atoms with Crippen molar-refractivity contribution < 1.29 is 42.7 Å². The summed E-state index contributed by atoms with van der Waals surface area (Å²) in [6.45, 7) is 1.41. The van der Waals surface area contributed by atoms with Crippen LogP contribution in [0.3, 0.4) is 0 Å². The molecule has 1 fully saturated rings. The van der Waals surface area contributed by atoms with Gasteiger partial charge in [0.25, 0.3) is 0 Å². The maximum absolute atomic E-state index is 12.4. The summed E-state index contributed by atoms with van der Waals surface area (Å²) in [6.07, 6.45) is 1.35. The van der Waals surface area contributed by atoms with E-state index in [4.69, 9.17) is 9.63 Å². The third-order valence-corrected chi connectivity index (χ3v) is 6.54. The lowest BCUT2D eigenvalue weighted by Crippen LogP contribution is -2.36. The number of nitrogens with one attached hydrogen (secondary N) is 3. The van der Waals surface area contributed by atoms with Gasteiger partial charge in [-0.3, -0.25) is 33.2 Å². The topological polar surface area (TPSA) is 180 Å². The van der Waals surface area contributed by atoms with Crippen molar-refractivity contribution in [2.75, 3.05) is 52.5 Å². The average molecular weight is 525 g/mol. The highest BCUT2D eigenvalue weighted by Gasteiger charge is 2.38. The Morgan fingerprint density at radius 2 is 1.97 bits per heavy atom. The van der Waals surface area contributed by atoms with E-state index in [1.54, 1.807) is 7.05 Å². The van der Waals surface area contributed by atoms with Crippen LogP contribution in [0, 0.1) is 0 Å². The van der Waals surface area contributed by atoms with Gasteiger partial charge in [-0.1, -0.05) is 0 Å². The van der Waals surface area contributed by atoms with Crippen LogP contribution in [0.5, 0.6) is 0 Å². The molecule has 4 N–H and O–H groups in total. The Balaban J connectivity index is 2.11. The number of nitrogens with zero attached hydrogens (tertiary/aromatic N) is 1. The van der Waals surface area contributed by atoms with Gasteiger partial charge < -0.3 is 30.4 Å². The van der Waals surface area contributed by atoms with Gasteiger partial charge in [-0.25, -0.2) is 0 Å². The highest BCUT2D eigenvalue weighted by atomic mass is 32.2. The van der Waals surface area contributed by atoms with Crippen LogP contribution in [0.25, 0.3) is 0 Å². The van der Waals surface area contributed by atoms with E-state index in [1.165, 1.54) is 11.8 Å². The van der Waals surface area contributed by atoms with Gasteiger partial charge in [0.15, 0.2) is 0 Å². The lowest BCUT2D eigenvalue weighted by Gasteiger charge is -2.15. The monoisotopic (exact) mass is 524 g/mol. The van der Waals surface area contributed by atoms with E-state index >= 15 is 0 Å². The number of aldehydes is 1. The molecular weight excluding hydrogens is 491 g/mol. The summed E-state index contributed by atoms with van der Waals surface area (Å²) in [4.78, 5) is 68.8. The Bertz CT molecular complexity index is 764. The number of thioether (sulfide) groups is 1. The van der Waals surface area contributed by atoms with Crippen molar-refractivity contribution in [3.8, 4) is 0 Å². The van der Waals surface area contributed by atoms with Gasteiger partial charge in [0.1, 0.15) is 13.0 Å². The van der Waals surface area contributed by atoms with Gasteiger partial charge >= 0.3 is 7.60 Å². The van der Waals surface area contributed by atoms with Crippen LogP contribution in [-0.2, 0) is 37.8 Å². The van der Waals surface area contributed by atoms with Crippen molar-refractivity contribution in [2.45, 2.75) is 37.0 Å². The van der Waals surface area contributed by atoms with E-state index in [-0.39, 0.29) is 75.9 Å². The minimum absolute atomic E-state index is 0.00680. The smallest absolute Gasteiger partial charge is 0.326 e. The van der Waals surface area contributed by atoms with Crippen LogP contribution in [-0.4, -0.2) is 103 Å². The van der Waals surface area contributed by atoms with E-state index in [9.17, 15) is 28.5 Å². The Labute approximate surface area is 202 Å². The lowest BCUT2D eigenvalue weighted by molar-refractivity contribution is -0.138. The third kappa shape index (κ3) is 12.6. The zero-order valence-electron chi connectivity index (χ0n) is 19.3. The van der Waals surface area contributed by atoms with Gasteiger partial charge in [-0.15, -0.1) is 11.8 Å². The number of hydrogen-bond acceptors (Lipinski definition) is 10. The Kier molecular flexibility index (Phi) is 14.2. The minimum Gasteiger partial charge on any atom is -0.380 e. The van der Waals surface area contributed by atoms with Gasteiger partial charge in [0.2, 0.25) is 23.6 Å². The first kappa shape index (κ1) is 30.2. The first-order chi connectivity index (χ1) is 16.1. The molecule has 1 heterocycles. The standard InChI is InChI=1S/C19H33N4O9PS/c1-20-14(11-24)12-34-15-10-18(27)23(19(15)28)7-5-17(26)21-6-9-31-8-3-4-16(25)22-13-32-33(2,29)30/h11,14-15,20H,3-10,12-13H2,1-2H3,(H,21,26)(H,22,25)(H,29,30). The van der Waals surface area contributed by atoms with Crippen molar-refractivity contribution in [2.24, 2.45) is 0 Å². The second-order valence-electron chi connectivity index (χ2n) is 7.43. The summed E-state index contributed by atoms with van der Waals surface area (Å²) < 4.78 is 20.8. The molecule has 0 saturated carbocycles. The molecule has 15 heteroatoms. The molecule has 0 aromatic carbocycles. The molecule has 0 aromatic rings. The maximum Gasteiger partial charge on any atom is 0.326 e. The molecule has 1 rings (SSSR count). The second kappa shape index (κ2) is 16.0. The molecule has 1 saturated heterocycles. The fourth-order valence-electron chi connectivity index (χ4n) is 2.75. The molecule has 0 radical (unpaired) electrons. The van der Waals surface area contributed by atoms with E-state index in [2.05, 4.69) is 20.5 Å². The van der Waals surface area contributed by atoms with Crippen molar-refractivity contribution in [3.05, 3.63) is 0 Å². The van der Waals surface area contributed by atoms with Gasteiger partial charge in [-0.05, 0) is 13.5 Å². The first-order valence-electron chi connectivity index (χ1n) is 10.7.